The number of allylic oxidation sites excluding steroid dienone is 10. The molecular weight excluding hydrogens is 781 g/mol. The highest BCUT2D eigenvalue weighted by Gasteiger charge is 2.19. The number of hydrogen-bond donors (Lipinski definition) is 0. The summed E-state index contributed by atoms with van der Waals surface area (Å²) < 4.78 is 16.7. The van der Waals surface area contributed by atoms with Crippen molar-refractivity contribution in [3.05, 3.63) is 60.8 Å². The second-order valence-corrected chi connectivity index (χ2v) is 17.8. The molecule has 0 heterocycles. The molecule has 6 heteroatoms. The topological polar surface area (TPSA) is 78.9 Å². The maximum Gasteiger partial charge on any atom is 0.306 e. The first-order valence-electron chi connectivity index (χ1n) is 26.8. The number of hydrogen-bond acceptors (Lipinski definition) is 6. The molecule has 0 aromatic heterocycles. The summed E-state index contributed by atoms with van der Waals surface area (Å²) in [6, 6.07) is 0. The van der Waals surface area contributed by atoms with Crippen LogP contribution < -0.4 is 0 Å². The van der Waals surface area contributed by atoms with Crippen molar-refractivity contribution in [3.63, 3.8) is 0 Å². The molecule has 0 amide bonds. The van der Waals surface area contributed by atoms with E-state index in [-0.39, 0.29) is 31.6 Å². The molecule has 0 aromatic carbocycles. The lowest BCUT2D eigenvalue weighted by atomic mass is 10.0. The first kappa shape index (κ1) is 60.1. The van der Waals surface area contributed by atoms with Crippen LogP contribution in [0.25, 0.3) is 0 Å². The largest absolute Gasteiger partial charge is 0.462 e. The highest BCUT2D eigenvalue weighted by Crippen LogP contribution is 2.16. The predicted molar refractivity (Wildman–Crippen MR) is 270 cm³/mol. The average molecular weight is 881 g/mol. The van der Waals surface area contributed by atoms with Gasteiger partial charge in [-0.05, 0) is 64.2 Å². The molecule has 1 atom stereocenters. The minimum Gasteiger partial charge on any atom is -0.462 e. The van der Waals surface area contributed by atoms with Gasteiger partial charge in [0.2, 0.25) is 0 Å². The molecule has 0 rings (SSSR count). The SMILES string of the molecule is CC/C=C\C/C=C\C/C=C\C/C=C\CCC(=O)OC(COC(=O)CCCCCCC/C=C\CCC)COC(=O)CCCCCCCCCCCCCCCCCCCCCCCC. The summed E-state index contributed by atoms with van der Waals surface area (Å²) in [5.74, 6) is -0.991. The van der Waals surface area contributed by atoms with Crippen molar-refractivity contribution in [2.75, 3.05) is 13.2 Å². The van der Waals surface area contributed by atoms with E-state index in [1.807, 2.05) is 12.2 Å². The molecule has 0 aromatic rings. The van der Waals surface area contributed by atoms with E-state index in [1.165, 1.54) is 135 Å². The Morgan fingerprint density at radius 3 is 1.10 bits per heavy atom. The normalized spacial score (nSPS) is 12.5. The van der Waals surface area contributed by atoms with E-state index in [0.29, 0.717) is 19.3 Å². The van der Waals surface area contributed by atoms with Gasteiger partial charge in [-0.1, -0.05) is 242 Å². The number of carbonyl (C=O) groups excluding carboxylic acids is 3. The van der Waals surface area contributed by atoms with Gasteiger partial charge < -0.3 is 14.2 Å². The van der Waals surface area contributed by atoms with E-state index in [9.17, 15) is 14.4 Å². The summed E-state index contributed by atoms with van der Waals surface area (Å²) in [7, 11) is 0. The zero-order valence-corrected chi connectivity index (χ0v) is 41.6. The summed E-state index contributed by atoms with van der Waals surface area (Å²) in [6.45, 7) is 6.41. The Morgan fingerprint density at radius 2 is 0.683 bits per heavy atom. The molecule has 0 bridgehead atoms. The van der Waals surface area contributed by atoms with Crippen molar-refractivity contribution in [2.45, 2.75) is 271 Å². The van der Waals surface area contributed by atoms with Gasteiger partial charge in [-0.25, -0.2) is 0 Å². The number of ether oxygens (including phenoxy) is 3. The molecule has 0 aliphatic rings. The van der Waals surface area contributed by atoms with Crippen molar-refractivity contribution in [3.8, 4) is 0 Å². The fourth-order valence-corrected chi connectivity index (χ4v) is 7.52. The molecule has 63 heavy (non-hydrogen) atoms. The molecule has 0 spiro atoms. The quantitative estimate of drug-likeness (QED) is 0.0262. The van der Waals surface area contributed by atoms with Crippen molar-refractivity contribution in [1.29, 1.82) is 0 Å². The minimum absolute atomic E-state index is 0.103. The van der Waals surface area contributed by atoms with Crippen LogP contribution in [-0.2, 0) is 28.6 Å². The smallest absolute Gasteiger partial charge is 0.306 e. The Balaban J connectivity index is 4.28. The van der Waals surface area contributed by atoms with Crippen LogP contribution in [0.3, 0.4) is 0 Å². The first-order chi connectivity index (χ1) is 31.0. The van der Waals surface area contributed by atoms with Gasteiger partial charge in [0.05, 0.1) is 0 Å². The van der Waals surface area contributed by atoms with Gasteiger partial charge >= 0.3 is 17.9 Å². The number of rotatable bonds is 48. The van der Waals surface area contributed by atoms with E-state index in [1.54, 1.807) is 0 Å². The van der Waals surface area contributed by atoms with Crippen LogP contribution in [0.2, 0.25) is 0 Å². The molecule has 0 aliphatic carbocycles. The van der Waals surface area contributed by atoms with Crippen LogP contribution in [0.1, 0.15) is 265 Å². The van der Waals surface area contributed by atoms with Gasteiger partial charge in [-0.15, -0.1) is 0 Å². The van der Waals surface area contributed by atoms with Crippen molar-refractivity contribution < 1.29 is 28.6 Å². The Labute approximate surface area is 390 Å². The van der Waals surface area contributed by atoms with Crippen molar-refractivity contribution in [2.24, 2.45) is 0 Å². The predicted octanol–water partition coefficient (Wildman–Crippen LogP) is 17.6. The number of carbonyl (C=O) groups is 3. The summed E-state index contributed by atoms with van der Waals surface area (Å²) >= 11 is 0. The molecule has 0 saturated heterocycles. The van der Waals surface area contributed by atoms with Crippen LogP contribution in [-0.4, -0.2) is 37.2 Å². The molecule has 6 nitrogen and oxygen atoms in total. The van der Waals surface area contributed by atoms with E-state index >= 15 is 0 Å². The van der Waals surface area contributed by atoms with Crippen molar-refractivity contribution >= 4 is 17.9 Å². The second kappa shape index (κ2) is 51.7. The highest BCUT2D eigenvalue weighted by atomic mass is 16.6. The average Bonchev–Trinajstić information content (AvgIpc) is 3.28. The molecule has 0 fully saturated rings. The van der Waals surface area contributed by atoms with Crippen LogP contribution in [0.5, 0.6) is 0 Å². The zero-order valence-electron chi connectivity index (χ0n) is 41.6. The highest BCUT2D eigenvalue weighted by molar-refractivity contribution is 5.71. The standard InChI is InChI=1S/C57H100O6/c1-4-7-10-13-16-19-22-24-25-26-27-28-29-30-31-32-34-35-38-41-44-47-50-56(59)62-53-54(52-61-55(58)49-46-43-40-37-21-18-15-12-9-6-3)63-57(60)51-48-45-42-39-36-33-23-20-17-14-11-8-5-2/h8,11-12,15,17,20,33,36,42,45,54H,4-7,9-10,13-14,16,18-19,21-32,34-35,37-41,43-44,46-53H2,1-3H3/b11-8-,15-12-,20-17-,36-33-,45-42-. The van der Waals surface area contributed by atoms with Crippen LogP contribution in [0, 0.1) is 0 Å². The number of esters is 3. The van der Waals surface area contributed by atoms with Gasteiger partial charge in [-0.3, -0.25) is 14.4 Å². The lowest BCUT2D eigenvalue weighted by Gasteiger charge is -2.18. The maximum absolute atomic E-state index is 12.7. The molecular formula is C57H100O6. The van der Waals surface area contributed by atoms with E-state index in [4.69, 9.17) is 14.2 Å². The van der Waals surface area contributed by atoms with Crippen molar-refractivity contribution in [1.82, 2.24) is 0 Å². The van der Waals surface area contributed by atoms with Crippen LogP contribution in [0.4, 0.5) is 0 Å². The Kier molecular flexibility index (Phi) is 49.4. The summed E-state index contributed by atoms with van der Waals surface area (Å²) in [6.07, 6.45) is 63.9. The maximum atomic E-state index is 12.7. The third kappa shape index (κ3) is 50.0. The fourth-order valence-electron chi connectivity index (χ4n) is 7.52. The second-order valence-electron chi connectivity index (χ2n) is 17.8. The fraction of sp³-hybridized carbons (Fsp3) is 0.772. The van der Waals surface area contributed by atoms with E-state index < -0.39 is 12.1 Å². The Hall–Kier alpha value is -2.89. The van der Waals surface area contributed by atoms with Crippen LogP contribution >= 0.6 is 0 Å². The molecule has 0 saturated carbocycles. The zero-order chi connectivity index (χ0) is 45.8. The molecule has 0 aliphatic heterocycles. The number of unbranched alkanes of at least 4 members (excludes halogenated alkanes) is 27. The third-order valence-corrected chi connectivity index (χ3v) is 11.5. The Morgan fingerprint density at radius 1 is 0.333 bits per heavy atom. The van der Waals surface area contributed by atoms with Crippen LogP contribution in [0.15, 0.2) is 60.8 Å². The minimum atomic E-state index is -0.812. The molecule has 364 valence electrons. The van der Waals surface area contributed by atoms with Gasteiger partial charge in [0.1, 0.15) is 13.2 Å². The summed E-state index contributed by atoms with van der Waals surface area (Å²) in [5, 5.41) is 0. The third-order valence-electron chi connectivity index (χ3n) is 11.5. The lowest BCUT2D eigenvalue weighted by molar-refractivity contribution is -0.166. The summed E-state index contributed by atoms with van der Waals surface area (Å²) in [4.78, 5) is 37.9. The van der Waals surface area contributed by atoms with E-state index in [2.05, 4.69) is 69.4 Å². The van der Waals surface area contributed by atoms with Gasteiger partial charge in [0.25, 0.3) is 0 Å². The van der Waals surface area contributed by atoms with E-state index in [0.717, 1.165) is 83.5 Å². The first-order valence-corrected chi connectivity index (χ1v) is 26.8. The molecule has 1 unspecified atom stereocenters. The monoisotopic (exact) mass is 881 g/mol. The van der Waals surface area contributed by atoms with Gasteiger partial charge in [0.15, 0.2) is 6.10 Å². The summed E-state index contributed by atoms with van der Waals surface area (Å²) in [5.41, 5.74) is 0. The molecule has 0 radical (unpaired) electrons. The van der Waals surface area contributed by atoms with Gasteiger partial charge in [0, 0.05) is 19.3 Å². The van der Waals surface area contributed by atoms with Gasteiger partial charge in [-0.2, -0.15) is 0 Å². The molecule has 0 N–H and O–H groups in total. The Bertz CT molecular complexity index is 1150. The lowest BCUT2D eigenvalue weighted by Crippen LogP contribution is -2.30.